The lowest BCUT2D eigenvalue weighted by molar-refractivity contribution is -0.142. The fraction of sp³-hybridized carbons (Fsp3) is 0.593. The zero-order chi connectivity index (χ0) is 28.0. The van der Waals surface area contributed by atoms with Crippen LogP contribution in [-0.4, -0.2) is 68.7 Å². The Bertz CT molecular complexity index is 1070. The van der Waals surface area contributed by atoms with E-state index >= 15 is 0 Å². The number of pyridine rings is 1. The number of amides is 1. The van der Waals surface area contributed by atoms with Crippen LogP contribution in [0.4, 0.5) is 0 Å². The monoisotopic (exact) mass is 566 g/mol. The second-order valence-electron chi connectivity index (χ2n) is 10.7. The number of nitrogens with zero attached hydrogens (tertiary/aromatic N) is 2. The third-order valence-electron chi connectivity index (χ3n) is 7.69. The molecule has 3 rings (SSSR count). The highest BCUT2D eigenvalue weighted by atomic mass is 35.5. The van der Waals surface area contributed by atoms with Gasteiger partial charge in [0, 0.05) is 36.9 Å². The van der Waals surface area contributed by atoms with Gasteiger partial charge in [-0.3, -0.25) is 19.4 Å². The molecule has 1 heterocycles. The topological polar surface area (TPSA) is 144 Å². The molecule has 0 unspecified atom stereocenters. The Kier molecular flexibility index (Phi) is 10.3. The molecule has 1 amide bonds. The molecule has 0 aliphatic heterocycles. The Hall–Kier alpha value is -2.49. The molecule has 0 radical (unpaired) electrons. The first-order valence-electron chi connectivity index (χ1n) is 13.0. The van der Waals surface area contributed by atoms with Crippen molar-refractivity contribution in [2.24, 2.45) is 11.8 Å². The number of carboxylic acid groups (broad SMARTS) is 1. The van der Waals surface area contributed by atoms with E-state index in [-0.39, 0.29) is 52.1 Å². The third kappa shape index (κ3) is 7.77. The third-order valence-corrected chi connectivity index (χ3v) is 8.26. The molecule has 2 aliphatic rings. The Morgan fingerprint density at radius 3 is 2.24 bits per heavy atom. The number of aromatic nitrogens is 1. The highest BCUT2D eigenvalue weighted by Crippen LogP contribution is 2.33. The van der Waals surface area contributed by atoms with Crippen LogP contribution in [0.25, 0.3) is 0 Å². The summed E-state index contributed by atoms with van der Waals surface area (Å²) in [5, 5.41) is 31.1. The van der Waals surface area contributed by atoms with Crippen molar-refractivity contribution in [2.75, 3.05) is 13.1 Å². The molecule has 0 atom stereocenters. The summed E-state index contributed by atoms with van der Waals surface area (Å²) in [6.45, 7) is 3.53. The number of rotatable bonds is 10. The van der Waals surface area contributed by atoms with Crippen molar-refractivity contribution in [1.29, 1.82) is 5.41 Å². The van der Waals surface area contributed by atoms with Gasteiger partial charge in [0.25, 0.3) is 5.91 Å². The van der Waals surface area contributed by atoms with E-state index in [1.165, 1.54) is 17.3 Å². The van der Waals surface area contributed by atoms with Crippen LogP contribution in [0.3, 0.4) is 0 Å². The minimum absolute atomic E-state index is 0.00144. The fourth-order valence-corrected chi connectivity index (χ4v) is 5.89. The molecule has 38 heavy (non-hydrogen) atoms. The Morgan fingerprint density at radius 2 is 1.71 bits per heavy atom. The average Bonchev–Trinajstić information content (AvgIpc) is 2.85. The molecule has 1 aromatic heterocycles. The summed E-state index contributed by atoms with van der Waals surface area (Å²) in [5.41, 5.74) is -0.00169. The van der Waals surface area contributed by atoms with Gasteiger partial charge in [-0.2, -0.15) is 0 Å². The number of allylic oxidation sites excluding steroid dienone is 1. The number of aliphatic hydroxyl groups is 1. The molecule has 0 spiro atoms. The van der Waals surface area contributed by atoms with Gasteiger partial charge in [-0.25, -0.2) is 0 Å². The Morgan fingerprint density at radius 1 is 1.13 bits per heavy atom. The molecule has 11 heteroatoms. The number of aliphatic carboxylic acids is 1. The smallest absolute Gasteiger partial charge is 0.306 e. The largest absolute Gasteiger partial charge is 0.481 e. The number of carbonyl (C=O) groups excluding carboxylic acids is 2. The maximum absolute atomic E-state index is 13.8. The summed E-state index contributed by atoms with van der Waals surface area (Å²) in [7, 11) is 0. The summed E-state index contributed by atoms with van der Waals surface area (Å²) >= 11 is 12.4. The summed E-state index contributed by atoms with van der Waals surface area (Å²) in [6, 6.07) is -0.00144. The number of hydrogen-bond donors (Lipinski definition) is 4. The molecule has 4 N–H and O–H groups in total. The summed E-state index contributed by atoms with van der Waals surface area (Å²) < 4.78 is 0. The number of nitrogens with one attached hydrogen (secondary N) is 2. The van der Waals surface area contributed by atoms with E-state index < -0.39 is 23.3 Å². The average molecular weight is 568 g/mol. The van der Waals surface area contributed by atoms with E-state index in [0.717, 1.165) is 6.21 Å². The van der Waals surface area contributed by atoms with Crippen molar-refractivity contribution in [1.82, 2.24) is 15.2 Å². The SMILES string of the molecule is C/C(N[C@H]1CC[C@H](C(=O)O)CC1)=C(/C=N)C(=O)N(CC(=O)c1c(Cl)cncc1Cl)CC1CCC(C)(O)CC1. The van der Waals surface area contributed by atoms with Gasteiger partial charge < -0.3 is 25.8 Å². The Balaban J connectivity index is 1.81. The molecule has 0 aromatic carbocycles. The van der Waals surface area contributed by atoms with E-state index in [0.29, 0.717) is 57.1 Å². The van der Waals surface area contributed by atoms with Crippen molar-refractivity contribution in [3.8, 4) is 0 Å². The normalized spacial score (nSPS) is 26.2. The zero-order valence-corrected chi connectivity index (χ0v) is 23.3. The zero-order valence-electron chi connectivity index (χ0n) is 21.8. The van der Waals surface area contributed by atoms with Gasteiger partial charge >= 0.3 is 5.97 Å². The van der Waals surface area contributed by atoms with Crippen molar-refractivity contribution in [3.05, 3.63) is 39.3 Å². The van der Waals surface area contributed by atoms with Gasteiger partial charge in [-0.1, -0.05) is 23.2 Å². The highest BCUT2D eigenvalue weighted by molar-refractivity contribution is 6.39. The standard InChI is InChI=1S/C27H36Cl2N4O5/c1-16(32-19-5-3-18(4-6-19)26(36)37)20(11-30)25(35)33(14-17-7-9-27(2,38)10-8-17)15-23(34)24-21(28)12-31-13-22(24)29/h11-13,17-19,30,32,38H,3-10,14-15H2,1-2H3,(H,36,37)/b20-16+,30-11?/t17?,18-,19-,27?. The minimum Gasteiger partial charge on any atom is -0.481 e. The molecular weight excluding hydrogens is 531 g/mol. The second kappa shape index (κ2) is 13.0. The van der Waals surface area contributed by atoms with E-state index in [9.17, 15) is 24.6 Å². The first kappa shape index (κ1) is 30.1. The van der Waals surface area contributed by atoms with Crippen LogP contribution < -0.4 is 5.32 Å². The van der Waals surface area contributed by atoms with Gasteiger partial charge in [0.05, 0.1) is 39.2 Å². The van der Waals surface area contributed by atoms with Crippen LogP contribution in [0.5, 0.6) is 0 Å². The fourth-order valence-electron chi connectivity index (χ4n) is 5.31. The lowest BCUT2D eigenvalue weighted by Gasteiger charge is -2.36. The minimum atomic E-state index is -0.787. The van der Waals surface area contributed by atoms with Crippen molar-refractivity contribution < 1.29 is 24.6 Å². The number of halogens is 2. The predicted molar refractivity (Wildman–Crippen MR) is 146 cm³/mol. The molecule has 2 saturated carbocycles. The lowest BCUT2D eigenvalue weighted by Crippen LogP contribution is -2.43. The van der Waals surface area contributed by atoms with E-state index in [4.69, 9.17) is 28.6 Å². The van der Waals surface area contributed by atoms with Crippen LogP contribution >= 0.6 is 23.2 Å². The lowest BCUT2D eigenvalue weighted by atomic mass is 9.79. The molecule has 208 valence electrons. The van der Waals surface area contributed by atoms with Crippen LogP contribution in [-0.2, 0) is 9.59 Å². The summed E-state index contributed by atoms with van der Waals surface area (Å²) in [4.78, 5) is 43.6. The summed E-state index contributed by atoms with van der Waals surface area (Å²) in [5.74, 6) is -1.95. The number of ketones is 1. The second-order valence-corrected chi connectivity index (χ2v) is 11.6. The number of carbonyl (C=O) groups is 3. The van der Waals surface area contributed by atoms with Crippen molar-refractivity contribution in [2.45, 2.75) is 76.9 Å². The van der Waals surface area contributed by atoms with Crippen LogP contribution in [0.15, 0.2) is 23.7 Å². The predicted octanol–water partition coefficient (Wildman–Crippen LogP) is 4.50. The first-order chi connectivity index (χ1) is 17.9. The number of carboxylic acids is 1. The quantitative estimate of drug-likeness (QED) is 0.185. The van der Waals surface area contributed by atoms with Gasteiger partial charge in [0.15, 0.2) is 5.78 Å². The molecule has 0 saturated heterocycles. The van der Waals surface area contributed by atoms with E-state index in [2.05, 4.69) is 10.3 Å². The van der Waals surface area contributed by atoms with E-state index in [1.54, 1.807) is 13.8 Å². The van der Waals surface area contributed by atoms with Crippen LogP contribution in [0, 0.1) is 17.2 Å². The van der Waals surface area contributed by atoms with Gasteiger partial charge in [-0.05, 0) is 71.1 Å². The van der Waals surface area contributed by atoms with Crippen molar-refractivity contribution in [3.63, 3.8) is 0 Å². The first-order valence-corrected chi connectivity index (χ1v) is 13.7. The molecule has 2 aliphatic carbocycles. The van der Waals surface area contributed by atoms with Gasteiger partial charge in [0.1, 0.15) is 0 Å². The highest BCUT2D eigenvalue weighted by Gasteiger charge is 2.33. The van der Waals surface area contributed by atoms with Crippen LogP contribution in [0.2, 0.25) is 10.0 Å². The molecule has 2 fully saturated rings. The van der Waals surface area contributed by atoms with E-state index in [1.807, 2.05) is 0 Å². The van der Waals surface area contributed by atoms with Gasteiger partial charge in [0.2, 0.25) is 0 Å². The van der Waals surface area contributed by atoms with Crippen molar-refractivity contribution >= 4 is 47.1 Å². The van der Waals surface area contributed by atoms with Crippen LogP contribution in [0.1, 0.15) is 75.6 Å². The van der Waals surface area contributed by atoms with Gasteiger partial charge in [-0.15, -0.1) is 0 Å². The molecule has 9 nitrogen and oxygen atoms in total. The number of hydrogen-bond acceptors (Lipinski definition) is 7. The summed E-state index contributed by atoms with van der Waals surface area (Å²) in [6.07, 6.45) is 8.65. The molecule has 0 bridgehead atoms. The maximum Gasteiger partial charge on any atom is 0.306 e. The molecular formula is C27H36Cl2N4O5. The Labute approximate surface area is 233 Å². The maximum atomic E-state index is 13.8. The molecule has 1 aromatic rings. The number of Topliss-reactive ketones (excluding diaryl/α,β-unsaturated/α-hetero) is 1.